The Labute approximate surface area is 123 Å². The van der Waals surface area contributed by atoms with Crippen molar-refractivity contribution in [1.29, 1.82) is 0 Å². The molecule has 3 N–H and O–H groups in total. The molecule has 0 aliphatic rings. The second-order valence-electron chi connectivity index (χ2n) is 4.71. The molecule has 5 nitrogen and oxygen atoms in total. The second-order valence-corrected chi connectivity index (χ2v) is 6.39. The summed E-state index contributed by atoms with van der Waals surface area (Å²) in [5.41, 5.74) is 1.78. The van der Waals surface area contributed by atoms with E-state index in [1.165, 1.54) is 12.1 Å². The van der Waals surface area contributed by atoms with Crippen molar-refractivity contribution in [1.82, 2.24) is 0 Å². The van der Waals surface area contributed by atoms with Gasteiger partial charge in [0.25, 0.3) is 10.0 Å². The molecule has 0 amide bonds. The van der Waals surface area contributed by atoms with Crippen LogP contribution in [0.4, 0.5) is 5.69 Å². The number of aliphatic hydroxyl groups excluding tert-OH is 2. The summed E-state index contributed by atoms with van der Waals surface area (Å²) in [6.07, 6.45) is -0.638. The fraction of sp³-hybridized carbons (Fsp3) is 0.200. The average Bonchev–Trinajstić information content (AvgIpc) is 2.48. The molecule has 0 aromatic heterocycles. The first-order chi connectivity index (χ1) is 9.92. The lowest BCUT2D eigenvalue weighted by Gasteiger charge is -2.10. The van der Waals surface area contributed by atoms with Gasteiger partial charge in [0.1, 0.15) is 0 Å². The number of rotatable bonds is 5. The molecule has 112 valence electrons. The van der Waals surface area contributed by atoms with E-state index in [0.29, 0.717) is 16.8 Å². The van der Waals surface area contributed by atoms with E-state index >= 15 is 0 Å². The maximum Gasteiger partial charge on any atom is 0.261 e. The van der Waals surface area contributed by atoms with Crippen LogP contribution >= 0.6 is 0 Å². The molecule has 1 atom stereocenters. The summed E-state index contributed by atoms with van der Waals surface area (Å²) in [6, 6.07) is 12.5. The van der Waals surface area contributed by atoms with Crippen molar-refractivity contribution >= 4 is 15.7 Å². The molecule has 0 radical (unpaired) electrons. The molecule has 0 fully saturated rings. The monoisotopic (exact) mass is 307 g/mol. The number of nitrogens with one attached hydrogen (secondary N) is 1. The SMILES string of the molecule is CC(O)c1ccc(S(=O)(=O)Nc2ccc(CO)cc2)cc1. The van der Waals surface area contributed by atoms with Gasteiger partial charge in [0.15, 0.2) is 0 Å². The van der Waals surface area contributed by atoms with Crippen molar-refractivity contribution in [2.75, 3.05) is 4.72 Å². The molecule has 21 heavy (non-hydrogen) atoms. The van der Waals surface area contributed by atoms with Crippen molar-refractivity contribution in [2.45, 2.75) is 24.5 Å². The molecule has 2 aromatic rings. The predicted molar refractivity (Wildman–Crippen MR) is 80.2 cm³/mol. The number of anilines is 1. The molecule has 6 heteroatoms. The number of hydrogen-bond acceptors (Lipinski definition) is 4. The van der Waals surface area contributed by atoms with Crippen LogP contribution in [0.2, 0.25) is 0 Å². The molecule has 1 unspecified atom stereocenters. The van der Waals surface area contributed by atoms with Crippen LogP contribution in [0.25, 0.3) is 0 Å². The van der Waals surface area contributed by atoms with Crippen LogP contribution in [-0.2, 0) is 16.6 Å². The third kappa shape index (κ3) is 3.81. The molecular formula is C15H17NO4S. The van der Waals surface area contributed by atoms with E-state index in [2.05, 4.69) is 4.72 Å². The Bertz CT molecular complexity index is 691. The molecule has 2 aromatic carbocycles. The van der Waals surface area contributed by atoms with Crippen LogP contribution in [-0.4, -0.2) is 18.6 Å². The molecule has 2 rings (SSSR count). The fourth-order valence-corrected chi connectivity index (χ4v) is 2.88. The Morgan fingerprint density at radius 2 is 1.62 bits per heavy atom. The van der Waals surface area contributed by atoms with Crippen molar-refractivity contribution in [3.8, 4) is 0 Å². The Kier molecular flexibility index (Phi) is 4.62. The largest absolute Gasteiger partial charge is 0.392 e. The summed E-state index contributed by atoms with van der Waals surface area (Å²) in [7, 11) is -3.67. The standard InChI is InChI=1S/C15H17NO4S/c1-11(18)13-4-8-15(9-5-13)21(19,20)16-14-6-2-12(10-17)3-7-14/h2-9,11,16-18H,10H2,1H3. The molecule has 0 saturated heterocycles. The van der Waals surface area contributed by atoms with Gasteiger partial charge in [0.05, 0.1) is 17.6 Å². The van der Waals surface area contributed by atoms with Gasteiger partial charge in [-0.05, 0) is 42.3 Å². The quantitative estimate of drug-likeness (QED) is 0.789. The third-order valence-electron chi connectivity index (χ3n) is 3.06. The number of benzene rings is 2. The van der Waals surface area contributed by atoms with E-state index in [0.717, 1.165) is 0 Å². The lowest BCUT2D eigenvalue weighted by molar-refractivity contribution is 0.199. The first-order valence-corrected chi connectivity index (χ1v) is 7.91. The maximum atomic E-state index is 12.2. The van der Waals surface area contributed by atoms with Crippen molar-refractivity contribution in [3.05, 3.63) is 59.7 Å². The topological polar surface area (TPSA) is 86.6 Å². The number of aliphatic hydroxyl groups is 2. The minimum absolute atomic E-state index is 0.0894. The van der Waals surface area contributed by atoms with E-state index < -0.39 is 16.1 Å². The fourth-order valence-electron chi connectivity index (χ4n) is 1.82. The zero-order valence-electron chi connectivity index (χ0n) is 11.5. The zero-order chi connectivity index (χ0) is 15.5. The summed E-state index contributed by atoms with van der Waals surface area (Å²) in [5.74, 6) is 0. The molecule has 0 heterocycles. The van der Waals surface area contributed by atoms with E-state index in [9.17, 15) is 13.5 Å². The van der Waals surface area contributed by atoms with Gasteiger partial charge in [-0.25, -0.2) is 8.42 Å². The van der Waals surface area contributed by atoms with Gasteiger partial charge in [-0.15, -0.1) is 0 Å². The maximum absolute atomic E-state index is 12.2. The highest BCUT2D eigenvalue weighted by atomic mass is 32.2. The second kappa shape index (κ2) is 6.26. The summed E-state index contributed by atoms with van der Waals surface area (Å²) in [5, 5.41) is 18.4. The average molecular weight is 307 g/mol. The molecule has 0 saturated carbocycles. The van der Waals surface area contributed by atoms with Gasteiger partial charge in [0, 0.05) is 5.69 Å². The van der Waals surface area contributed by atoms with Crippen LogP contribution in [0, 0.1) is 0 Å². The summed E-state index contributed by atoms with van der Waals surface area (Å²) < 4.78 is 26.9. The highest BCUT2D eigenvalue weighted by Gasteiger charge is 2.14. The van der Waals surface area contributed by atoms with Crippen molar-refractivity contribution < 1.29 is 18.6 Å². The Morgan fingerprint density at radius 1 is 1.05 bits per heavy atom. The van der Waals surface area contributed by atoms with E-state index in [4.69, 9.17) is 5.11 Å². The molecule has 0 bridgehead atoms. The lowest BCUT2D eigenvalue weighted by Crippen LogP contribution is -2.13. The minimum Gasteiger partial charge on any atom is -0.392 e. The van der Waals surface area contributed by atoms with E-state index in [1.807, 2.05) is 0 Å². The predicted octanol–water partition coefficient (Wildman–Crippen LogP) is 2.03. The first kappa shape index (κ1) is 15.5. The van der Waals surface area contributed by atoms with Gasteiger partial charge in [-0.1, -0.05) is 24.3 Å². The molecule has 0 spiro atoms. The Balaban J connectivity index is 2.20. The van der Waals surface area contributed by atoms with Crippen LogP contribution < -0.4 is 4.72 Å². The van der Waals surface area contributed by atoms with E-state index in [-0.39, 0.29) is 11.5 Å². The van der Waals surface area contributed by atoms with Gasteiger partial charge in [0.2, 0.25) is 0 Å². The zero-order valence-corrected chi connectivity index (χ0v) is 12.3. The van der Waals surface area contributed by atoms with Crippen molar-refractivity contribution in [2.24, 2.45) is 0 Å². The van der Waals surface area contributed by atoms with Crippen molar-refractivity contribution in [3.63, 3.8) is 0 Å². The highest BCUT2D eigenvalue weighted by Crippen LogP contribution is 2.19. The molecule has 0 aliphatic carbocycles. The summed E-state index contributed by atoms with van der Waals surface area (Å²) >= 11 is 0. The lowest BCUT2D eigenvalue weighted by atomic mass is 10.1. The third-order valence-corrected chi connectivity index (χ3v) is 4.46. The molecular weight excluding hydrogens is 290 g/mol. The number of sulfonamides is 1. The van der Waals surface area contributed by atoms with Crippen LogP contribution in [0.3, 0.4) is 0 Å². The van der Waals surface area contributed by atoms with Gasteiger partial charge in [-0.2, -0.15) is 0 Å². The molecule has 0 aliphatic heterocycles. The van der Waals surface area contributed by atoms with Gasteiger partial charge in [-0.3, -0.25) is 4.72 Å². The Morgan fingerprint density at radius 3 is 2.10 bits per heavy atom. The van der Waals surface area contributed by atoms with Crippen LogP contribution in [0.15, 0.2) is 53.4 Å². The van der Waals surface area contributed by atoms with Gasteiger partial charge >= 0.3 is 0 Å². The first-order valence-electron chi connectivity index (χ1n) is 6.43. The summed E-state index contributed by atoms with van der Waals surface area (Å²) in [4.78, 5) is 0.123. The summed E-state index contributed by atoms with van der Waals surface area (Å²) in [6.45, 7) is 1.53. The van der Waals surface area contributed by atoms with Gasteiger partial charge < -0.3 is 10.2 Å². The number of hydrogen-bond donors (Lipinski definition) is 3. The van der Waals surface area contributed by atoms with Crippen LogP contribution in [0.5, 0.6) is 0 Å². The minimum atomic E-state index is -3.67. The normalized spacial score (nSPS) is 12.9. The van der Waals surface area contributed by atoms with Crippen LogP contribution in [0.1, 0.15) is 24.2 Å². The smallest absolute Gasteiger partial charge is 0.261 e. The highest BCUT2D eigenvalue weighted by molar-refractivity contribution is 7.92. The Hall–Kier alpha value is -1.89. The van der Waals surface area contributed by atoms with E-state index in [1.54, 1.807) is 43.3 Å².